The van der Waals surface area contributed by atoms with Gasteiger partial charge in [-0.1, -0.05) is 43.0 Å². The molecule has 0 spiro atoms. The molecule has 2 aromatic carbocycles. The molecule has 0 aromatic heterocycles. The molecule has 1 unspecified atom stereocenters. The van der Waals surface area contributed by atoms with Crippen molar-refractivity contribution in [3.05, 3.63) is 66.2 Å². The molecule has 156 valence electrons. The van der Waals surface area contributed by atoms with E-state index in [-0.39, 0.29) is 6.61 Å². The quantitative estimate of drug-likeness (QED) is 0.249. The fraction of sp³-hybridized carbons (Fsp3) is 0.348. The molecule has 0 amide bonds. The highest BCUT2D eigenvalue weighted by atomic mass is 16.5. The van der Waals surface area contributed by atoms with Gasteiger partial charge in [-0.25, -0.2) is 4.79 Å². The summed E-state index contributed by atoms with van der Waals surface area (Å²) in [5.41, 5.74) is 4.73. The maximum atomic E-state index is 11.3. The second-order valence-electron chi connectivity index (χ2n) is 6.50. The molecule has 0 saturated heterocycles. The van der Waals surface area contributed by atoms with E-state index in [0.29, 0.717) is 32.2 Å². The summed E-state index contributed by atoms with van der Waals surface area (Å²) in [4.78, 5) is 11.3. The van der Waals surface area contributed by atoms with Crippen LogP contribution in [0.1, 0.15) is 18.1 Å². The van der Waals surface area contributed by atoms with Crippen molar-refractivity contribution in [2.45, 2.75) is 19.4 Å². The molecule has 6 nitrogen and oxygen atoms in total. The number of aliphatic hydroxyl groups excluding tert-OH is 2. The number of esters is 1. The van der Waals surface area contributed by atoms with Crippen LogP contribution in [0.3, 0.4) is 0 Å². The fourth-order valence-corrected chi connectivity index (χ4v) is 2.91. The van der Waals surface area contributed by atoms with Crippen LogP contribution in [0, 0.1) is 0 Å². The zero-order valence-electron chi connectivity index (χ0n) is 16.7. The third-order valence-electron chi connectivity index (χ3n) is 4.15. The van der Waals surface area contributed by atoms with Crippen LogP contribution in [0.25, 0.3) is 11.1 Å². The molecule has 29 heavy (non-hydrogen) atoms. The SMILES string of the molecule is C=CC(=O)Oc1cccc2c1Cc1ccccc1-2.CC(O)COCCOCCO. The lowest BCUT2D eigenvalue weighted by Gasteiger charge is -2.07. The fourth-order valence-electron chi connectivity index (χ4n) is 2.91. The van der Waals surface area contributed by atoms with Crippen LogP contribution in [0.2, 0.25) is 0 Å². The van der Waals surface area contributed by atoms with E-state index in [1.54, 1.807) is 6.92 Å². The van der Waals surface area contributed by atoms with Crippen LogP contribution >= 0.6 is 0 Å². The molecule has 0 bridgehead atoms. The Labute approximate surface area is 171 Å². The van der Waals surface area contributed by atoms with Crippen molar-refractivity contribution in [3.63, 3.8) is 0 Å². The second kappa shape index (κ2) is 12.1. The highest BCUT2D eigenvalue weighted by Gasteiger charge is 2.21. The average molecular weight is 400 g/mol. The minimum Gasteiger partial charge on any atom is -0.423 e. The number of aliphatic hydroxyl groups is 2. The van der Waals surface area contributed by atoms with Crippen molar-refractivity contribution in [2.75, 3.05) is 33.0 Å². The minimum atomic E-state index is -0.423. The first-order valence-electron chi connectivity index (χ1n) is 9.55. The van der Waals surface area contributed by atoms with Crippen LogP contribution in [-0.4, -0.2) is 55.3 Å². The predicted octanol–water partition coefficient (Wildman–Crippen LogP) is 2.74. The van der Waals surface area contributed by atoms with Crippen molar-refractivity contribution in [2.24, 2.45) is 0 Å². The van der Waals surface area contributed by atoms with Gasteiger partial charge in [-0.15, -0.1) is 0 Å². The molecule has 0 saturated carbocycles. The lowest BCUT2D eigenvalue weighted by Crippen LogP contribution is -2.14. The van der Waals surface area contributed by atoms with Gasteiger partial charge in [-0.05, 0) is 29.7 Å². The summed E-state index contributed by atoms with van der Waals surface area (Å²) in [5.74, 6) is 0.216. The summed E-state index contributed by atoms with van der Waals surface area (Å²) >= 11 is 0. The number of hydrogen-bond acceptors (Lipinski definition) is 6. The number of carbonyl (C=O) groups is 1. The van der Waals surface area contributed by atoms with E-state index in [4.69, 9.17) is 24.4 Å². The summed E-state index contributed by atoms with van der Waals surface area (Å²) in [7, 11) is 0. The highest BCUT2D eigenvalue weighted by molar-refractivity contribution is 5.85. The van der Waals surface area contributed by atoms with Gasteiger partial charge in [0.25, 0.3) is 0 Å². The Hall–Kier alpha value is -2.51. The first-order valence-corrected chi connectivity index (χ1v) is 9.55. The predicted molar refractivity (Wildman–Crippen MR) is 111 cm³/mol. The molecule has 1 aliphatic rings. The van der Waals surface area contributed by atoms with E-state index in [2.05, 4.69) is 24.8 Å². The van der Waals surface area contributed by atoms with Crippen molar-refractivity contribution in [1.29, 1.82) is 0 Å². The lowest BCUT2D eigenvalue weighted by atomic mass is 10.1. The van der Waals surface area contributed by atoms with Crippen LogP contribution in [0.4, 0.5) is 0 Å². The first-order chi connectivity index (χ1) is 14.1. The minimum absolute atomic E-state index is 0.0381. The molecule has 6 heteroatoms. The lowest BCUT2D eigenvalue weighted by molar-refractivity contribution is -0.129. The van der Waals surface area contributed by atoms with Crippen LogP contribution in [-0.2, 0) is 20.7 Å². The monoisotopic (exact) mass is 400 g/mol. The molecule has 1 aliphatic carbocycles. The molecule has 1 atom stereocenters. The van der Waals surface area contributed by atoms with Crippen LogP contribution < -0.4 is 4.74 Å². The zero-order valence-corrected chi connectivity index (χ0v) is 16.7. The van der Waals surface area contributed by atoms with Crippen molar-refractivity contribution in [3.8, 4) is 16.9 Å². The van der Waals surface area contributed by atoms with Gasteiger partial charge in [0.05, 0.1) is 39.1 Å². The summed E-state index contributed by atoms with van der Waals surface area (Å²) in [5, 5.41) is 17.1. The summed E-state index contributed by atoms with van der Waals surface area (Å²) < 4.78 is 15.2. The topological polar surface area (TPSA) is 85.2 Å². The Bertz CT molecular complexity index is 800. The third kappa shape index (κ3) is 7.11. The van der Waals surface area contributed by atoms with E-state index in [0.717, 1.165) is 17.5 Å². The third-order valence-corrected chi connectivity index (χ3v) is 4.15. The maximum absolute atomic E-state index is 11.3. The Balaban J connectivity index is 0.000000237. The summed E-state index contributed by atoms with van der Waals surface area (Å²) in [6, 6.07) is 14.1. The largest absolute Gasteiger partial charge is 0.423 e. The van der Waals surface area contributed by atoms with Crippen LogP contribution in [0.5, 0.6) is 5.75 Å². The smallest absolute Gasteiger partial charge is 0.335 e. The summed E-state index contributed by atoms with van der Waals surface area (Å²) in [6.45, 7) is 6.72. The molecule has 0 heterocycles. The van der Waals surface area contributed by atoms with Gasteiger partial charge in [-0.3, -0.25) is 0 Å². The van der Waals surface area contributed by atoms with E-state index in [1.807, 2.05) is 24.3 Å². The standard InChI is InChI=1S/C16H12O2.C7H16O4/c1-2-16(17)18-15-9-5-8-13-12-7-4-3-6-11(12)10-14(13)15;1-7(9)6-11-5-4-10-3-2-8/h2-9H,1,10H2;7-9H,2-6H2,1H3. The molecular formula is C23H28O6. The highest BCUT2D eigenvalue weighted by Crippen LogP contribution is 2.40. The number of rotatable bonds is 9. The van der Waals surface area contributed by atoms with E-state index in [1.165, 1.54) is 17.2 Å². The van der Waals surface area contributed by atoms with Gasteiger partial charge >= 0.3 is 5.97 Å². The Kier molecular flexibility index (Phi) is 9.53. The molecule has 2 N–H and O–H groups in total. The van der Waals surface area contributed by atoms with Gasteiger partial charge in [0.1, 0.15) is 5.75 Å². The Morgan fingerprint density at radius 1 is 1.10 bits per heavy atom. The number of hydrogen-bond donors (Lipinski definition) is 2. The number of ether oxygens (including phenoxy) is 3. The molecule has 3 rings (SSSR count). The van der Waals surface area contributed by atoms with Crippen molar-refractivity contribution >= 4 is 5.97 Å². The van der Waals surface area contributed by atoms with Crippen molar-refractivity contribution in [1.82, 2.24) is 0 Å². The van der Waals surface area contributed by atoms with Gasteiger partial charge in [-0.2, -0.15) is 0 Å². The maximum Gasteiger partial charge on any atom is 0.335 e. The number of benzene rings is 2. The normalized spacial score (nSPS) is 12.2. The van der Waals surface area contributed by atoms with E-state index < -0.39 is 12.1 Å². The molecular weight excluding hydrogens is 372 g/mol. The second-order valence-corrected chi connectivity index (χ2v) is 6.50. The van der Waals surface area contributed by atoms with E-state index >= 15 is 0 Å². The zero-order chi connectivity index (χ0) is 21.1. The van der Waals surface area contributed by atoms with Gasteiger partial charge in [0.2, 0.25) is 0 Å². The first kappa shape index (κ1) is 22.8. The Morgan fingerprint density at radius 3 is 2.55 bits per heavy atom. The number of carbonyl (C=O) groups excluding carboxylic acids is 1. The van der Waals surface area contributed by atoms with Gasteiger partial charge < -0.3 is 24.4 Å². The van der Waals surface area contributed by atoms with Crippen LogP contribution in [0.15, 0.2) is 55.1 Å². The molecule has 0 fully saturated rings. The molecule has 0 radical (unpaired) electrons. The molecule has 2 aromatic rings. The van der Waals surface area contributed by atoms with E-state index in [9.17, 15) is 4.79 Å². The Morgan fingerprint density at radius 2 is 1.83 bits per heavy atom. The van der Waals surface area contributed by atoms with Crippen molar-refractivity contribution < 1.29 is 29.2 Å². The molecule has 0 aliphatic heterocycles. The summed E-state index contributed by atoms with van der Waals surface area (Å²) in [6.07, 6.45) is 1.57. The average Bonchev–Trinajstić information content (AvgIpc) is 3.11. The number of fused-ring (bicyclic) bond motifs is 3. The van der Waals surface area contributed by atoms with Gasteiger partial charge in [0.15, 0.2) is 0 Å². The van der Waals surface area contributed by atoms with Gasteiger partial charge in [0, 0.05) is 18.1 Å².